The minimum absolute atomic E-state index is 0.0573. The van der Waals surface area contributed by atoms with Crippen LogP contribution in [0.5, 0.6) is 0 Å². The number of halogens is 1. The fraction of sp³-hybridized carbons (Fsp3) is 0.556. The Kier molecular flexibility index (Phi) is 3.17. The summed E-state index contributed by atoms with van der Waals surface area (Å²) in [5, 5.41) is 2.35. The molecule has 5 nitrogen and oxygen atoms in total. The summed E-state index contributed by atoms with van der Waals surface area (Å²) in [5.74, 6) is -1.28. The molecule has 0 aliphatic carbocycles. The molecule has 1 amide bonds. The van der Waals surface area contributed by atoms with Crippen LogP contribution in [0.3, 0.4) is 0 Å². The molecule has 8 heteroatoms. The van der Waals surface area contributed by atoms with E-state index in [1.807, 2.05) is 12.3 Å². The van der Waals surface area contributed by atoms with Crippen molar-refractivity contribution in [2.45, 2.75) is 13.3 Å². The van der Waals surface area contributed by atoms with Crippen molar-refractivity contribution >= 4 is 32.6 Å². The molecular weight excluding hydrogens is 267 g/mol. The van der Waals surface area contributed by atoms with Crippen LogP contribution in [0.1, 0.15) is 12.1 Å². The van der Waals surface area contributed by atoms with E-state index in [2.05, 4.69) is 4.98 Å². The standard InChI is InChI=1S/C9H11FN2O3S2/c1-6-4-16-9(11-6)12-3-7(2-8(12)13)5-17(10,14)15/h4,7H,2-3,5H2,1H3. The number of hydrogen-bond donors (Lipinski definition) is 0. The number of thiazole rings is 1. The molecule has 0 spiro atoms. The second-order valence-corrected chi connectivity index (χ2v) is 6.30. The molecule has 0 bridgehead atoms. The maximum Gasteiger partial charge on any atom is 0.302 e. The molecule has 0 saturated carbocycles. The fourth-order valence-corrected chi connectivity index (χ4v) is 3.44. The van der Waals surface area contributed by atoms with Gasteiger partial charge in [0.15, 0.2) is 5.13 Å². The van der Waals surface area contributed by atoms with Gasteiger partial charge in [0.25, 0.3) is 0 Å². The van der Waals surface area contributed by atoms with Gasteiger partial charge >= 0.3 is 10.2 Å². The number of carbonyl (C=O) groups excluding carboxylic acids is 1. The molecule has 0 N–H and O–H groups in total. The molecule has 1 atom stereocenters. The Morgan fingerprint density at radius 3 is 2.88 bits per heavy atom. The fourth-order valence-electron chi connectivity index (χ4n) is 1.83. The molecule has 1 aromatic rings. The van der Waals surface area contributed by atoms with E-state index in [1.54, 1.807) is 0 Å². The van der Waals surface area contributed by atoms with Gasteiger partial charge in [-0.2, -0.15) is 8.42 Å². The molecular formula is C9H11FN2O3S2. The number of carbonyl (C=O) groups is 1. The van der Waals surface area contributed by atoms with Crippen LogP contribution in [0.2, 0.25) is 0 Å². The van der Waals surface area contributed by atoms with Crippen molar-refractivity contribution in [1.82, 2.24) is 4.98 Å². The summed E-state index contributed by atoms with van der Waals surface area (Å²) < 4.78 is 33.6. The zero-order valence-corrected chi connectivity index (χ0v) is 10.7. The number of hydrogen-bond acceptors (Lipinski definition) is 5. The molecule has 2 rings (SSSR count). The average Bonchev–Trinajstić information content (AvgIpc) is 2.70. The van der Waals surface area contributed by atoms with Gasteiger partial charge in [-0.1, -0.05) is 0 Å². The Bertz CT molecular complexity index is 540. The monoisotopic (exact) mass is 278 g/mol. The summed E-state index contributed by atoms with van der Waals surface area (Å²) >= 11 is 1.32. The summed E-state index contributed by atoms with van der Waals surface area (Å²) in [5.41, 5.74) is 0.805. The van der Waals surface area contributed by atoms with Gasteiger partial charge in [-0.05, 0) is 6.92 Å². The van der Waals surface area contributed by atoms with Crippen molar-refractivity contribution in [3.63, 3.8) is 0 Å². The predicted octanol–water partition coefficient (Wildman–Crippen LogP) is 1.10. The first kappa shape index (κ1) is 12.4. The van der Waals surface area contributed by atoms with Crippen molar-refractivity contribution in [3.05, 3.63) is 11.1 Å². The first-order valence-electron chi connectivity index (χ1n) is 5.00. The summed E-state index contributed by atoms with van der Waals surface area (Å²) in [6, 6.07) is 0. The van der Waals surface area contributed by atoms with Crippen LogP contribution >= 0.6 is 11.3 Å². The normalized spacial score (nSPS) is 21.2. The third kappa shape index (κ3) is 3.01. The number of anilines is 1. The van der Waals surface area contributed by atoms with Gasteiger partial charge in [0.05, 0.1) is 11.4 Å². The molecule has 1 aromatic heterocycles. The van der Waals surface area contributed by atoms with Crippen molar-refractivity contribution in [3.8, 4) is 0 Å². The number of amides is 1. The molecule has 94 valence electrons. The lowest BCUT2D eigenvalue weighted by atomic mass is 10.1. The zero-order chi connectivity index (χ0) is 12.6. The lowest BCUT2D eigenvalue weighted by Crippen LogP contribution is -2.25. The van der Waals surface area contributed by atoms with Gasteiger partial charge in [0, 0.05) is 24.3 Å². The van der Waals surface area contributed by atoms with E-state index in [1.165, 1.54) is 16.2 Å². The predicted molar refractivity (Wildman–Crippen MR) is 62.2 cm³/mol. The van der Waals surface area contributed by atoms with Crippen LogP contribution in [-0.4, -0.2) is 31.6 Å². The Balaban J connectivity index is 2.10. The second-order valence-electron chi connectivity index (χ2n) is 4.05. The molecule has 0 aromatic carbocycles. The van der Waals surface area contributed by atoms with E-state index in [9.17, 15) is 17.1 Å². The summed E-state index contributed by atoms with van der Waals surface area (Å²) in [6.45, 7) is 2.03. The van der Waals surface area contributed by atoms with Gasteiger partial charge in [0.1, 0.15) is 0 Å². The third-order valence-corrected chi connectivity index (χ3v) is 4.33. The molecule has 1 aliphatic heterocycles. The maximum atomic E-state index is 12.5. The largest absolute Gasteiger partial charge is 0.302 e. The lowest BCUT2D eigenvalue weighted by molar-refractivity contribution is -0.117. The van der Waals surface area contributed by atoms with E-state index >= 15 is 0 Å². The highest BCUT2D eigenvalue weighted by Gasteiger charge is 2.34. The molecule has 1 aliphatic rings. The van der Waals surface area contributed by atoms with E-state index in [0.717, 1.165) is 5.69 Å². The van der Waals surface area contributed by atoms with Gasteiger partial charge < -0.3 is 0 Å². The smallest absolute Gasteiger partial charge is 0.288 e. The Labute approximate surface area is 102 Å². The second kappa shape index (κ2) is 4.34. The van der Waals surface area contributed by atoms with Crippen LogP contribution in [0, 0.1) is 12.8 Å². The van der Waals surface area contributed by atoms with Crippen molar-refractivity contribution < 1.29 is 17.1 Å². The Hall–Kier alpha value is -1.02. The highest BCUT2D eigenvalue weighted by Crippen LogP contribution is 2.28. The van der Waals surface area contributed by atoms with E-state index in [0.29, 0.717) is 5.13 Å². The van der Waals surface area contributed by atoms with Gasteiger partial charge in [-0.25, -0.2) is 4.98 Å². The molecule has 0 radical (unpaired) electrons. The topological polar surface area (TPSA) is 67.3 Å². The first-order valence-corrected chi connectivity index (χ1v) is 7.43. The van der Waals surface area contributed by atoms with Crippen LogP contribution in [0.15, 0.2) is 5.38 Å². The van der Waals surface area contributed by atoms with Crippen LogP contribution < -0.4 is 4.90 Å². The molecule has 2 heterocycles. The maximum absolute atomic E-state index is 12.5. The number of nitrogens with zero attached hydrogens (tertiary/aromatic N) is 2. The average molecular weight is 278 g/mol. The Morgan fingerprint density at radius 1 is 1.65 bits per heavy atom. The van der Waals surface area contributed by atoms with Crippen LogP contribution in [-0.2, 0) is 15.0 Å². The van der Waals surface area contributed by atoms with Crippen molar-refractivity contribution in [2.24, 2.45) is 5.92 Å². The zero-order valence-electron chi connectivity index (χ0n) is 9.09. The lowest BCUT2D eigenvalue weighted by Gasteiger charge is -2.11. The van der Waals surface area contributed by atoms with Crippen LogP contribution in [0.4, 0.5) is 9.02 Å². The Morgan fingerprint density at radius 2 is 2.35 bits per heavy atom. The van der Waals surface area contributed by atoms with E-state index < -0.39 is 21.9 Å². The minimum Gasteiger partial charge on any atom is -0.288 e. The highest BCUT2D eigenvalue weighted by molar-refractivity contribution is 7.86. The van der Waals surface area contributed by atoms with E-state index in [4.69, 9.17) is 0 Å². The van der Waals surface area contributed by atoms with Gasteiger partial charge in [-0.15, -0.1) is 15.2 Å². The summed E-state index contributed by atoms with van der Waals surface area (Å²) in [7, 11) is -4.53. The van der Waals surface area contributed by atoms with Gasteiger partial charge in [-0.3, -0.25) is 9.69 Å². The first-order chi connectivity index (χ1) is 7.85. The molecule has 1 unspecified atom stereocenters. The minimum atomic E-state index is -4.53. The van der Waals surface area contributed by atoms with Crippen molar-refractivity contribution in [2.75, 3.05) is 17.2 Å². The summed E-state index contributed by atoms with van der Waals surface area (Å²) in [4.78, 5) is 17.2. The molecule has 1 fully saturated rings. The van der Waals surface area contributed by atoms with Gasteiger partial charge in [0.2, 0.25) is 5.91 Å². The quantitative estimate of drug-likeness (QED) is 0.777. The van der Waals surface area contributed by atoms with E-state index in [-0.39, 0.29) is 18.9 Å². The van der Waals surface area contributed by atoms with Crippen molar-refractivity contribution in [1.29, 1.82) is 0 Å². The highest BCUT2D eigenvalue weighted by atomic mass is 32.3. The number of aryl methyl sites for hydroxylation is 1. The molecule has 17 heavy (non-hydrogen) atoms. The number of rotatable bonds is 3. The third-order valence-electron chi connectivity index (χ3n) is 2.48. The number of aromatic nitrogens is 1. The van der Waals surface area contributed by atoms with Crippen LogP contribution in [0.25, 0.3) is 0 Å². The molecule has 1 saturated heterocycles. The summed E-state index contributed by atoms with van der Waals surface area (Å²) in [6.07, 6.45) is 0.0573. The SMILES string of the molecule is Cc1csc(N2CC(CS(=O)(=O)F)CC2=O)n1.